The number of ether oxygens (including phenoxy) is 2. The second-order valence-corrected chi connectivity index (χ2v) is 10.7. The van der Waals surface area contributed by atoms with E-state index in [1.54, 1.807) is 0 Å². The molecule has 4 aromatic carbocycles. The molecule has 0 saturated carbocycles. The first-order valence-corrected chi connectivity index (χ1v) is 13.9. The van der Waals surface area contributed by atoms with Gasteiger partial charge < -0.3 is 20.1 Å². The minimum atomic E-state index is -0.0631. The molecule has 5 nitrogen and oxygen atoms in total. The van der Waals surface area contributed by atoms with Gasteiger partial charge in [-0.15, -0.1) is 24.0 Å². The third-order valence-electron chi connectivity index (χ3n) is 6.62. The fourth-order valence-corrected chi connectivity index (χ4v) is 5.45. The monoisotopic (exact) mass is 746 g/mol. The minimum absolute atomic E-state index is 0. The van der Waals surface area contributed by atoms with Crippen LogP contribution in [0.2, 0.25) is 0 Å². The smallest absolute Gasteiger partial charge is 0.221 e. The molecule has 1 unspecified atom stereocenters. The zero-order chi connectivity index (χ0) is 26.3. The topological polar surface area (TPSA) is 59.6 Å². The molecule has 1 atom stereocenters. The highest BCUT2D eigenvalue weighted by atomic mass is 127. The van der Waals surface area contributed by atoms with Gasteiger partial charge in [-0.25, -0.2) is 0 Å². The van der Waals surface area contributed by atoms with Gasteiger partial charge in [-0.05, 0) is 94.1 Å². The highest BCUT2D eigenvalue weighted by Gasteiger charge is 2.24. The summed E-state index contributed by atoms with van der Waals surface area (Å²) in [5, 5.41) is 6.59. The molecule has 0 saturated heterocycles. The molecule has 2 N–H and O–H groups in total. The lowest BCUT2D eigenvalue weighted by atomic mass is 9.89. The Balaban J connectivity index is 0.00000353. The number of hydrogen-bond acceptors (Lipinski definition) is 4. The Morgan fingerprint density at radius 3 is 2.08 bits per heavy atom. The highest BCUT2D eigenvalue weighted by Crippen LogP contribution is 2.38. The van der Waals surface area contributed by atoms with Crippen molar-refractivity contribution in [1.29, 1.82) is 0 Å². The summed E-state index contributed by atoms with van der Waals surface area (Å²) in [7, 11) is 0. The summed E-state index contributed by atoms with van der Waals surface area (Å²) in [6, 6.07) is 31.1. The summed E-state index contributed by atoms with van der Waals surface area (Å²) < 4.78 is 13.7. The van der Waals surface area contributed by atoms with Gasteiger partial charge in [0.2, 0.25) is 5.91 Å². The van der Waals surface area contributed by atoms with Crippen LogP contribution in [0.1, 0.15) is 40.8 Å². The van der Waals surface area contributed by atoms with Crippen molar-refractivity contribution >= 4 is 58.2 Å². The Kier molecular flexibility index (Phi) is 10.6. The number of rotatable bonds is 9. The van der Waals surface area contributed by atoms with Crippen LogP contribution in [0.15, 0.2) is 91.0 Å². The van der Waals surface area contributed by atoms with Crippen molar-refractivity contribution < 1.29 is 14.3 Å². The van der Waals surface area contributed by atoms with Gasteiger partial charge in [0, 0.05) is 16.5 Å². The van der Waals surface area contributed by atoms with Crippen molar-refractivity contribution in [2.45, 2.75) is 39.0 Å². The molecule has 0 bridgehead atoms. The highest BCUT2D eigenvalue weighted by molar-refractivity contribution is 14.1. The predicted octanol–water partition coefficient (Wildman–Crippen LogP) is 7.46. The number of hydrogen-bond donors (Lipinski definition) is 2. The van der Waals surface area contributed by atoms with Crippen LogP contribution in [0.3, 0.4) is 0 Å². The molecule has 0 spiro atoms. The van der Waals surface area contributed by atoms with E-state index in [4.69, 9.17) is 9.47 Å². The molecule has 202 valence electrons. The Hall–Kier alpha value is -2.63. The first kappa shape index (κ1) is 29.4. The molecular formula is C32H32I2N2O3. The number of fused-ring (bicyclic) bond motifs is 1. The van der Waals surface area contributed by atoms with Gasteiger partial charge in [0.25, 0.3) is 0 Å². The normalized spacial score (nSPS) is 14.1. The second kappa shape index (κ2) is 14.1. The number of amides is 1. The van der Waals surface area contributed by atoms with Gasteiger partial charge >= 0.3 is 0 Å². The van der Waals surface area contributed by atoms with E-state index in [1.807, 2.05) is 42.5 Å². The van der Waals surface area contributed by atoms with Gasteiger partial charge in [0.15, 0.2) is 11.5 Å². The van der Waals surface area contributed by atoms with E-state index >= 15 is 0 Å². The van der Waals surface area contributed by atoms with Crippen molar-refractivity contribution in [2.75, 3.05) is 11.9 Å². The van der Waals surface area contributed by atoms with Crippen LogP contribution in [0.4, 0.5) is 5.69 Å². The van der Waals surface area contributed by atoms with Crippen molar-refractivity contribution in [3.63, 3.8) is 0 Å². The number of benzene rings is 4. The number of anilines is 1. The largest absolute Gasteiger partial charge is 0.485 e. The lowest BCUT2D eigenvalue weighted by Gasteiger charge is -2.29. The molecule has 1 heterocycles. The SMILES string of the molecule is CC(=O)Nc1ccc(CC2NCCc3cc(OCc4ccccc4)c(OCc4ccccc4)cc32)cc1I.I. The van der Waals surface area contributed by atoms with Gasteiger partial charge in [0.1, 0.15) is 13.2 Å². The van der Waals surface area contributed by atoms with Crippen molar-refractivity contribution in [2.24, 2.45) is 0 Å². The van der Waals surface area contributed by atoms with Gasteiger partial charge in [0.05, 0.1) is 5.69 Å². The summed E-state index contributed by atoms with van der Waals surface area (Å²) >= 11 is 2.28. The molecule has 1 aliphatic rings. The summed E-state index contributed by atoms with van der Waals surface area (Å²) in [6.45, 7) is 3.40. The van der Waals surface area contributed by atoms with E-state index in [0.717, 1.165) is 51.3 Å². The van der Waals surface area contributed by atoms with Crippen molar-refractivity contribution in [1.82, 2.24) is 5.32 Å². The van der Waals surface area contributed by atoms with Crippen LogP contribution in [0.25, 0.3) is 0 Å². The number of carbonyl (C=O) groups is 1. The summed E-state index contributed by atoms with van der Waals surface area (Å²) in [6.07, 6.45) is 1.77. The van der Waals surface area contributed by atoms with Gasteiger partial charge in [-0.1, -0.05) is 66.7 Å². The van der Waals surface area contributed by atoms with Crippen molar-refractivity contribution in [3.8, 4) is 11.5 Å². The summed E-state index contributed by atoms with van der Waals surface area (Å²) in [5.41, 5.74) is 6.82. The van der Waals surface area contributed by atoms with E-state index in [9.17, 15) is 4.79 Å². The summed E-state index contributed by atoms with van der Waals surface area (Å²) in [4.78, 5) is 11.5. The third-order valence-corrected chi connectivity index (χ3v) is 7.52. The second-order valence-electron chi connectivity index (χ2n) is 9.50. The third kappa shape index (κ3) is 7.95. The average molecular weight is 746 g/mol. The van der Waals surface area contributed by atoms with E-state index < -0.39 is 0 Å². The molecule has 0 aliphatic carbocycles. The van der Waals surface area contributed by atoms with Crippen LogP contribution < -0.4 is 20.1 Å². The standard InChI is InChI=1S/C32H31IN2O3.HI/c1-22(36)35-29-13-12-25(16-28(29)33)17-30-27-19-32(38-21-24-10-6-3-7-11-24)31(18-26(27)14-15-34-30)37-20-23-8-4-2-5-9-23;/h2-13,16,18-19,30,34H,14-15,17,20-21H2,1H3,(H,35,36);1H. The first-order valence-electron chi connectivity index (χ1n) is 12.8. The van der Waals surface area contributed by atoms with E-state index in [1.165, 1.54) is 23.6 Å². The van der Waals surface area contributed by atoms with E-state index in [2.05, 4.69) is 81.8 Å². The maximum Gasteiger partial charge on any atom is 0.221 e. The predicted molar refractivity (Wildman–Crippen MR) is 175 cm³/mol. The van der Waals surface area contributed by atoms with Gasteiger partial charge in [-0.2, -0.15) is 0 Å². The molecule has 0 fully saturated rings. The molecule has 0 aromatic heterocycles. The first-order chi connectivity index (χ1) is 18.5. The number of halogens is 2. The molecule has 39 heavy (non-hydrogen) atoms. The fourth-order valence-electron chi connectivity index (χ4n) is 4.74. The van der Waals surface area contributed by atoms with Crippen LogP contribution in [-0.2, 0) is 30.8 Å². The number of carbonyl (C=O) groups excluding carboxylic acids is 1. The number of nitrogens with one attached hydrogen (secondary N) is 2. The Morgan fingerprint density at radius 1 is 0.872 bits per heavy atom. The fraction of sp³-hybridized carbons (Fsp3) is 0.219. The molecule has 1 aliphatic heterocycles. The summed E-state index contributed by atoms with van der Waals surface area (Å²) in [5.74, 6) is 1.47. The molecule has 0 radical (unpaired) electrons. The van der Waals surface area contributed by atoms with Crippen LogP contribution in [-0.4, -0.2) is 12.5 Å². The maximum absolute atomic E-state index is 11.5. The molecule has 7 heteroatoms. The maximum atomic E-state index is 11.5. The Bertz CT molecular complexity index is 1400. The van der Waals surface area contributed by atoms with Gasteiger partial charge in [-0.3, -0.25) is 4.79 Å². The molecule has 4 aromatic rings. The average Bonchev–Trinajstić information content (AvgIpc) is 2.93. The quantitative estimate of drug-likeness (QED) is 0.175. The Labute approximate surface area is 260 Å². The van der Waals surface area contributed by atoms with Crippen LogP contribution in [0, 0.1) is 3.57 Å². The van der Waals surface area contributed by atoms with Crippen LogP contribution >= 0.6 is 46.6 Å². The molecule has 1 amide bonds. The van der Waals surface area contributed by atoms with Crippen molar-refractivity contribution in [3.05, 3.63) is 122 Å². The molecular weight excluding hydrogens is 714 g/mol. The van der Waals surface area contributed by atoms with Crippen LogP contribution in [0.5, 0.6) is 11.5 Å². The zero-order valence-electron chi connectivity index (χ0n) is 21.8. The lowest BCUT2D eigenvalue weighted by molar-refractivity contribution is -0.114. The van der Waals surface area contributed by atoms with E-state index in [0.29, 0.717) is 13.2 Å². The zero-order valence-corrected chi connectivity index (χ0v) is 26.3. The minimum Gasteiger partial charge on any atom is -0.485 e. The Morgan fingerprint density at radius 2 is 1.49 bits per heavy atom. The van der Waals surface area contributed by atoms with E-state index in [-0.39, 0.29) is 35.9 Å². The molecule has 5 rings (SSSR count). The lowest BCUT2D eigenvalue weighted by Crippen LogP contribution is -2.31.